The summed E-state index contributed by atoms with van der Waals surface area (Å²) in [4.78, 5) is 27.3. The molecule has 166 valence electrons. The average Bonchev–Trinajstić information content (AvgIpc) is 2.92. The zero-order valence-corrected chi connectivity index (χ0v) is 18.6. The second-order valence-electron chi connectivity index (χ2n) is 8.29. The van der Waals surface area contributed by atoms with Crippen molar-refractivity contribution in [1.82, 2.24) is 14.5 Å². The smallest absolute Gasteiger partial charge is 0.323 e. The fraction of sp³-hybridized carbons (Fsp3) is 0.348. The van der Waals surface area contributed by atoms with Gasteiger partial charge in [0.15, 0.2) is 0 Å². The van der Waals surface area contributed by atoms with E-state index in [0.29, 0.717) is 24.0 Å². The Balaban J connectivity index is 1.52. The zero-order chi connectivity index (χ0) is 22.9. The number of carbonyl (C=O) groups excluding carboxylic acids is 2. The van der Waals surface area contributed by atoms with E-state index in [1.165, 1.54) is 4.31 Å². The van der Waals surface area contributed by atoms with Gasteiger partial charge in [0, 0.05) is 13.1 Å². The molecule has 2 aromatic carbocycles. The number of nitrogens with zero attached hydrogens (tertiary/aromatic N) is 3. The first-order valence-electron chi connectivity index (χ1n) is 10.5. The van der Waals surface area contributed by atoms with Crippen LogP contribution in [0.3, 0.4) is 0 Å². The molecule has 0 radical (unpaired) electrons. The minimum atomic E-state index is -3.69. The monoisotopic (exact) mass is 452 g/mol. The Labute approximate surface area is 187 Å². The molecule has 9 heteroatoms. The van der Waals surface area contributed by atoms with E-state index in [9.17, 15) is 18.0 Å². The van der Waals surface area contributed by atoms with Crippen LogP contribution in [0, 0.1) is 18.3 Å². The number of aryl methyl sites for hydroxylation is 1. The van der Waals surface area contributed by atoms with E-state index in [4.69, 9.17) is 5.26 Å². The maximum absolute atomic E-state index is 13.3. The Hall–Kier alpha value is -3.22. The normalized spacial score (nSPS) is 21.9. The van der Waals surface area contributed by atoms with Gasteiger partial charge in [0.2, 0.25) is 10.0 Å². The number of rotatable bonds is 4. The highest BCUT2D eigenvalue weighted by molar-refractivity contribution is 7.89. The second kappa shape index (κ2) is 8.37. The number of sulfonamides is 1. The first-order chi connectivity index (χ1) is 15.2. The SMILES string of the molecule is Cc1cccc(S(=O)(=O)N2CCCC3(CC2)NC(=O)N(Cc2cccc(C#N)c2)C3=O)c1. The van der Waals surface area contributed by atoms with Crippen LogP contribution in [-0.2, 0) is 21.4 Å². The van der Waals surface area contributed by atoms with Gasteiger partial charge >= 0.3 is 6.03 Å². The highest BCUT2D eigenvalue weighted by Gasteiger charge is 2.51. The van der Waals surface area contributed by atoms with Gasteiger partial charge in [0.1, 0.15) is 5.54 Å². The van der Waals surface area contributed by atoms with E-state index in [1.807, 2.05) is 19.1 Å². The van der Waals surface area contributed by atoms with Gasteiger partial charge in [-0.25, -0.2) is 13.2 Å². The quantitative estimate of drug-likeness (QED) is 0.717. The maximum Gasteiger partial charge on any atom is 0.325 e. The van der Waals surface area contributed by atoms with Crippen LogP contribution in [0.2, 0.25) is 0 Å². The first-order valence-corrected chi connectivity index (χ1v) is 11.9. The number of urea groups is 1. The molecule has 0 saturated carbocycles. The Morgan fingerprint density at radius 2 is 1.88 bits per heavy atom. The molecule has 2 aromatic rings. The molecule has 0 aromatic heterocycles. The predicted molar refractivity (Wildman–Crippen MR) is 117 cm³/mol. The Bertz CT molecular complexity index is 1220. The number of imide groups is 1. The van der Waals surface area contributed by atoms with Crippen molar-refractivity contribution in [3.8, 4) is 6.07 Å². The molecule has 8 nitrogen and oxygen atoms in total. The Morgan fingerprint density at radius 1 is 1.09 bits per heavy atom. The van der Waals surface area contributed by atoms with Crippen LogP contribution in [0.1, 0.15) is 36.0 Å². The fourth-order valence-electron chi connectivity index (χ4n) is 4.36. The summed E-state index contributed by atoms with van der Waals surface area (Å²) in [5.41, 5.74) is 0.880. The van der Waals surface area contributed by atoms with Crippen molar-refractivity contribution in [2.75, 3.05) is 13.1 Å². The fourth-order valence-corrected chi connectivity index (χ4v) is 5.94. The molecule has 2 aliphatic heterocycles. The maximum atomic E-state index is 13.3. The molecule has 2 fully saturated rings. The number of nitriles is 1. The number of amides is 3. The predicted octanol–water partition coefficient (Wildman–Crippen LogP) is 2.53. The van der Waals surface area contributed by atoms with Crippen molar-refractivity contribution in [2.24, 2.45) is 0 Å². The number of hydrogen-bond acceptors (Lipinski definition) is 5. The third-order valence-corrected chi connectivity index (χ3v) is 7.96. The van der Waals surface area contributed by atoms with Crippen LogP contribution in [0.5, 0.6) is 0 Å². The van der Waals surface area contributed by atoms with Crippen LogP contribution in [0.4, 0.5) is 4.79 Å². The lowest BCUT2D eigenvalue weighted by Crippen LogP contribution is -2.47. The Morgan fingerprint density at radius 3 is 2.62 bits per heavy atom. The lowest BCUT2D eigenvalue weighted by molar-refractivity contribution is -0.132. The highest BCUT2D eigenvalue weighted by atomic mass is 32.2. The molecule has 4 rings (SSSR count). The topological polar surface area (TPSA) is 111 Å². The summed E-state index contributed by atoms with van der Waals surface area (Å²) in [6.07, 6.45) is 1.03. The molecule has 0 aliphatic carbocycles. The third-order valence-electron chi connectivity index (χ3n) is 6.07. The van der Waals surface area contributed by atoms with Crippen LogP contribution in [0.25, 0.3) is 0 Å². The van der Waals surface area contributed by atoms with Crippen molar-refractivity contribution in [2.45, 2.75) is 43.2 Å². The molecule has 3 amide bonds. The number of nitrogens with one attached hydrogen (secondary N) is 1. The van der Waals surface area contributed by atoms with Gasteiger partial charge in [-0.1, -0.05) is 24.3 Å². The molecular weight excluding hydrogens is 428 g/mol. The highest BCUT2D eigenvalue weighted by Crippen LogP contribution is 2.32. The molecule has 1 unspecified atom stereocenters. The summed E-state index contributed by atoms with van der Waals surface area (Å²) >= 11 is 0. The molecular formula is C23H24N4O4S. The average molecular weight is 453 g/mol. The molecule has 2 saturated heterocycles. The van der Waals surface area contributed by atoms with Gasteiger partial charge in [-0.2, -0.15) is 9.57 Å². The van der Waals surface area contributed by atoms with Gasteiger partial charge in [-0.3, -0.25) is 9.69 Å². The van der Waals surface area contributed by atoms with Crippen molar-refractivity contribution >= 4 is 22.0 Å². The van der Waals surface area contributed by atoms with Crippen molar-refractivity contribution in [3.63, 3.8) is 0 Å². The van der Waals surface area contributed by atoms with Gasteiger partial charge in [0.05, 0.1) is 23.1 Å². The second-order valence-corrected chi connectivity index (χ2v) is 10.2. The van der Waals surface area contributed by atoms with Crippen LogP contribution in [-0.4, -0.2) is 48.2 Å². The van der Waals surface area contributed by atoms with E-state index >= 15 is 0 Å². The summed E-state index contributed by atoms with van der Waals surface area (Å²) in [6, 6.07) is 15.1. The van der Waals surface area contributed by atoms with Crippen molar-refractivity contribution in [3.05, 3.63) is 65.2 Å². The molecule has 1 spiro atoms. The van der Waals surface area contributed by atoms with Gasteiger partial charge in [-0.05, 0) is 61.6 Å². The summed E-state index contributed by atoms with van der Waals surface area (Å²) in [5, 5.41) is 11.9. The number of hydrogen-bond donors (Lipinski definition) is 1. The molecule has 2 heterocycles. The summed E-state index contributed by atoms with van der Waals surface area (Å²) in [7, 11) is -3.69. The molecule has 2 aliphatic rings. The first kappa shape index (κ1) is 22.0. The third kappa shape index (κ3) is 3.99. The van der Waals surface area contributed by atoms with E-state index in [-0.39, 0.29) is 36.9 Å². The van der Waals surface area contributed by atoms with Gasteiger partial charge in [0.25, 0.3) is 5.91 Å². The van der Waals surface area contributed by atoms with E-state index in [1.54, 1.807) is 42.5 Å². The lowest BCUT2D eigenvalue weighted by atomic mass is 9.90. The van der Waals surface area contributed by atoms with Crippen LogP contribution in [0.15, 0.2) is 53.4 Å². The van der Waals surface area contributed by atoms with Crippen LogP contribution >= 0.6 is 0 Å². The van der Waals surface area contributed by atoms with Gasteiger partial charge in [-0.15, -0.1) is 0 Å². The largest absolute Gasteiger partial charge is 0.325 e. The minimum Gasteiger partial charge on any atom is -0.323 e. The zero-order valence-electron chi connectivity index (χ0n) is 17.7. The lowest BCUT2D eigenvalue weighted by Gasteiger charge is -2.25. The minimum absolute atomic E-state index is 0.0627. The van der Waals surface area contributed by atoms with E-state index in [0.717, 1.165) is 10.5 Å². The molecule has 1 N–H and O–H groups in total. The number of carbonyl (C=O) groups is 2. The molecule has 32 heavy (non-hydrogen) atoms. The van der Waals surface area contributed by atoms with Crippen LogP contribution < -0.4 is 5.32 Å². The van der Waals surface area contributed by atoms with E-state index in [2.05, 4.69) is 5.32 Å². The van der Waals surface area contributed by atoms with Crippen molar-refractivity contribution < 1.29 is 18.0 Å². The number of benzene rings is 2. The van der Waals surface area contributed by atoms with E-state index < -0.39 is 21.6 Å². The van der Waals surface area contributed by atoms with Crippen molar-refractivity contribution in [1.29, 1.82) is 5.26 Å². The summed E-state index contributed by atoms with van der Waals surface area (Å²) in [6.45, 7) is 2.32. The Kier molecular flexibility index (Phi) is 5.75. The summed E-state index contributed by atoms with van der Waals surface area (Å²) in [5.74, 6) is -0.348. The molecule has 1 atom stereocenters. The standard InChI is InChI=1S/C23H24N4O4S/c1-17-5-2-8-20(13-17)32(30,31)26-11-4-9-23(10-12-26)21(28)27(22(29)25-23)16-19-7-3-6-18(14-19)15-24/h2-3,5-8,13-14H,4,9-12,16H2,1H3,(H,25,29). The molecule has 0 bridgehead atoms. The summed E-state index contributed by atoms with van der Waals surface area (Å²) < 4.78 is 27.6. The van der Waals surface area contributed by atoms with Gasteiger partial charge < -0.3 is 5.32 Å².